The summed E-state index contributed by atoms with van der Waals surface area (Å²) in [5, 5.41) is 23.5. The molecule has 3 heterocycles. The molecule has 0 saturated carbocycles. The molecular formula is C22H23BrClN5O5. The second kappa shape index (κ2) is 9.77. The van der Waals surface area contributed by atoms with Gasteiger partial charge in [-0.15, -0.1) is 0 Å². The zero-order valence-electron chi connectivity index (χ0n) is 18.5. The highest BCUT2D eigenvalue weighted by molar-refractivity contribution is 9.10. The SMILES string of the molecule is CC(C)c1ncccc1-n1c(=O)nc(O)c2c(OC[C@@H]3CN(C(=O)O)CCN3)c(Cl)c(Br)cc21. The molecule has 0 unspecified atom stereocenters. The molecular weight excluding hydrogens is 530 g/mol. The maximum Gasteiger partial charge on any atom is 0.407 e. The van der Waals surface area contributed by atoms with E-state index >= 15 is 0 Å². The van der Waals surface area contributed by atoms with E-state index < -0.39 is 17.7 Å². The van der Waals surface area contributed by atoms with Crippen LogP contribution in [0.2, 0.25) is 5.02 Å². The van der Waals surface area contributed by atoms with Gasteiger partial charge in [0.1, 0.15) is 12.0 Å². The van der Waals surface area contributed by atoms with E-state index in [2.05, 4.69) is 31.2 Å². The summed E-state index contributed by atoms with van der Waals surface area (Å²) in [6.07, 6.45) is 0.652. The highest BCUT2D eigenvalue weighted by Crippen LogP contribution is 2.42. The summed E-state index contributed by atoms with van der Waals surface area (Å²) < 4.78 is 7.84. The first-order valence-corrected chi connectivity index (χ1v) is 11.8. The highest BCUT2D eigenvalue weighted by Gasteiger charge is 2.26. The van der Waals surface area contributed by atoms with E-state index in [0.717, 1.165) is 0 Å². The zero-order valence-corrected chi connectivity index (χ0v) is 20.8. The Bertz CT molecular complexity index is 1320. The highest BCUT2D eigenvalue weighted by atomic mass is 79.9. The fraction of sp³-hybridized carbons (Fsp3) is 0.364. The lowest BCUT2D eigenvalue weighted by Gasteiger charge is -2.31. The third-order valence-electron chi connectivity index (χ3n) is 5.57. The van der Waals surface area contributed by atoms with E-state index in [0.29, 0.717) is 34.5 Å². The lowest BCUT2D eigenvalue weighted by molar-refractivity contribution is 0.118. The number of halogens is 2. The van der Waals surface area contributed by atoms with Crippen LogP contribution in [0.1, 0.15) is 25.5 Å². The lowest BCUT2D eigenvalue weighted by Crippen LogP contribution is -2.54. The normalized spacial score (nSPS) is 16.3. The summed E-state index contributed by atoms with van der Waals surface area (Å²) in [5.41, 5.74) is 0.881. The Balaban J connectivity index is 1.83. The number of benzene rings is 1. The van der Waals surface area contributed by atoms with Crippen molar-refractivity contribution in [2.75, 3.05) is 26.2 Å². The third kappa shape index (κ3) is 4.55. The van der Waals surface area contributed by atoms with Crippen LogP contribution in [-0.4, -0.2) is 68.0 Å². The Morgan fingerprint density at radius 3 is 2.91 bits per heavy atom. The van der Waals surface area contributed by atoms with Gasteiger partial charge in [0.25, 0.3) is 0 Å². The van der Waals surface area contributed by atoms with E-state index in [1.807, 2.05) is 13.8 Å². The topological polar surface area (TPSA) is 130 Å². The van der Waals surface area contributed by atoms with Gasteiger partial charge in [0.15, 0.2) is 5.75 Å². The summed E-state index contributed by atoms with van der Waals surface area (Å²) in [6.45, 7) is 5.11. The molecule has 0 bridgehead atoms. The summed E-state index contributed by atoms with van der Waals surface area (Å²) in [7, 11) is 0. The van der Waals surface area contributed by atoms with Gasteiger partial charge in [-0.3, -0.25) is 9.55 Å². The van der Waals surface area contributed by atoms with Gasteiger partial charge < -0.3 is 25.2 Å². The second-order valence-corrected chi connectivity index (χ2v) is 9.43. The molecule has 1 aliphatic rings. The number of carbonyl (C=O) groups is 1. The van der Waals surface area contributed by atoms with Crippen LogP contribution in [0.5, 0.6) is 11.6 Å². The van der Waals surface area contributed by atoms with E-state index in [1.54, 1.807) is 24.4 Å². The van der Waals surface area contributed by atoms with Crippen LogP contribution in [0, 0.1) is 0 Å². The first-order chi connectivity index (χ1) is 16.2. The monoisotopic (exact) mass is 551 g/mol. The van der Waals surface area contributed by atoms with Crippen molar-refractivity contribution in [2.24, 2.45) is 0 Å². The van der Waals surface area contributed by atoms with Crippen LogP contribution in [0.3, 0.4) is 0 Å². The average Bonchev–Trinajstić information content (AvgIpc) is 2.80. The smallest absolute Gasteiger partial charge is 0.407 e. The largest absolute Gasteiger partial charge is 0.493 e. The molecule has 180 valence electrons. The van der Waals surface area contributed by atoms with Crippen molar-refractivity contribution in [3.8, 4) is 17.3 Å². The number of piperazine rings is 1. The minimum absolute atomic E-state index is 0.0213. The third-order valence-corrected chi connectivity index (χ3v) is 6.80. The maximum absolute atomic E-state index is 12.9. The molecule has 34 heavy (non-hydrogen) atoms. The number of carboxylic acid groups (broad SMARTS) is 1. The first kappa shape index (κ1) is 24.2. The van der Waals surface area contributed by atoms with Crippen LogP contribution in [0.4, 0.5) is 4.79 Å². The molecule has 2 aromatic heterocycles. The summed E-state index contributed by atoms with van der Waals surface area (Å²) in [6, 6.07) is 4.81. The molecule has 1 aliphatic heterocycles. The van der Waals surface area contributed by atoms with Crippen molar-refractivity contribution in [1.29, 1.82) is 0 Å². The number of hydrogen-bond donors (Lipinski definition) is 3. The standard InChI is InChI=1S/C22H23BrClN5O5/c1-11(2)18-14(4-3-5-26-18)29-15-8-13(23)17(24)19(16(15)20(30)27-21(29)31)34-10-12-9-28(22(32)33)7-6-25-12/h3-5,8,11-12,25H,6-7,9-10H2,1-2H3,(H,32,33)(H,27,30,31)/t12-/m0/s1. The van der Waals surface area contributed by atoms with Gasteiger partial charge in [-0.2, -0.15) is 4.98 Å². The molecule has 0 aliphatic carbocycles. The number of aromatic nitrogens is 3. The quantitative estimate of drug-likeness (QED) is 0.439. The van der Waals surface area contributed by atoms with Gasteiger partial charge in [0.2, 0.25) is 5.88 Å². The van der Waals surface area contributed by atoms with Crippen molar-refractivity contribution in [3.05, 3.63) is 50.1 Å². The molecule has 10 nitrogen and oxygen atoms in total. The van der Waals surface area contributed by atoms with Crippen molar-refractivity contribution in [3.63, 3.8) is 0 Å². The van der Waals surface area contributed by atoms with Gasteiger partial charge in [0, 0.05) is 30.3 Å². The zero-order chi connectivity index (χ0) is 24.6. The second-order valence-electron chi connectivity index (χ2n) is 8.20. The minimum Gasteiger partial charge on any atom is -0.493 e. The van der Waals surface area contributed by atoms with Crippen LogP contribution < -0.4 is 15.7 Å². The number of ether oxygens (including phenoxy) is 1. The predicted molar refractivity (Wildman–Crippen MR) is 130 cm³/mol. The van der Waals surface area contributed by atoms with E-state index in [9.17, 15) is 19.8 Å². The molecule has 1 atom stereocenters. The molecule has 0 spiro atoms. The molecule has 1 amide bonds. The van der Waals surface area contributed by atoms with Crippen LogP contribution in [-0.2, 0) is 0 Å². The van der Waals surface area contributed by atoms with Crippen molar-refractivity contribution >= 4 is 44.5 Å². The van der Waals surface area contributed by atoms with E-state index in [-0.39, 0.29) is 41.3 Å². The molecule has 1 aromatic carbocycles. The van der Waals surface area contributed by atoms with E-state index in [4.69, 9.17) is 16.3 Å². The number of hydrogen-bond acceptors (Lipinski definition) is 7. The summed E-state index contributed by atoms with van der Waals surface area (Å²) >= 11 is 9.94. The number of amides is 1. The van der Waals surface area contributed by atoms with Crippen LogP contribution >= 0.6 is 27.5 Å². The number of nitrogens with one attached hydrogen (secondary N) is 1. The maximum atomic E-state index is 12.9. The number of nitrogens with zero attached hydrogens (tertiary/aromatic N) is 4. The number of aromatic hydroxyl groups is 1. The fourth-order valence-corrected chi connectivity index (χ4v) is 4.59. The van der Waals surface area contributed by atoms with Gasteiger partial charge in [-0.05, 0) is 40.0 Å². The Labute approximate surface area is 208 Å². The van der Waals surface area contributed by atoms with Crippen molar-refractivity contribution in [1.82, 2.24) is 24.8 Å². The minimum atomic E-state index is -0.999. The van der Waals surface area contributed by atoms with Crippen LogP contribution in [0.15, 0.2) is 33.7 Å². The average molecular weight is 553 g/mol. The summed E-state index contributed by atoms with van der Waals surface area (Å²) in [4.78, 5) is 33.8. The Hall–Kier alpha value is -2.89. The van der Waals surface area contributed by atoms with E-state index in [1.165, 1.54) is 9.47 Å². The lowest BCUT2D eigenvalue weighted by atomic mass is 10.1. The Morgan fingerprint density at radius 1 is 1.44 bits per heavy atom. The number of fused-ring (bicyclic) bond motifs is 1. The molecule has 4 rings (SSSR count). The first-order valence-electron chi connectivity index (χ1n) is 10.6. The van der Waals surface area contributed by atoms with Crippen LogP contribution in [0.25, 0.3) is 16.6 Å². The van der Waals surface area contributed by atoms with Gasteiger partial charge in [-0.25, -0.2) is 9.59 Å². The number of pyridine rings is 1. The molecule has 3 aromatic rings. The van der Waals surface area contributed by atoms with Gasteiger partial charge >= 0.3 is 11.8 Å². The molecule has 0 radical (unpaired) electrons. The van der Waals surface area contributed by atoms with Gasteiger partial charge in [-0.1, -0.05) is 25.4 Å². The number of rotatable bonds is 5. The molecule has 1 saturated heterocycles. The van der Waals surface area contributed by atoms with Gasteiger partial charge in [0.05, 0.1) is 28.0 Å². The Kier molecular flexibility index (Phi) is 6.96. The molecule has 3 N–H and O–H groups in total. The molecule has 12 heteroatoms. The Morgan fingerprint density at radius 2 is 2.21 bits per heavy atom. The molecule has 1 fully saturated rings. The van der Waals surface area contributed by atoms with Crippen molar-refractivity contribution < 1.29 is 19.7 Å². The summed E-state index contributed by atoms with van der Waals surface area (Å²) in [5.74, 6) is -0.360. The van der Waals surface area contributed by atoms with Crippen molar-refractivity contribution in [2.45, 2.75) is 25.8 Å². The fourth-order valence-electron chi connectivity index (χ4n) is 3.99. The predicted octanol–water partition coefficient (Wildman–Crippen LogP) is 3.36.